The van der Waals surface area contributed by atoms with E-state index in [2.05, 4.69) is 51.4 Å². The first kappa shape index (κ1) is 23.0. The van der Waals surface area contributed by atoms with E-state index in [9.17, 15) is 0 Å². The van der Waals surface area contributed by atoms with E-state index < -0.39 is 0 Å². The number of benzene rings is 1. The van der Waals surface area contributed by atoms with E-state index in [0.717, 1.165) is 57.0 Å². The lowest BCUT2D eigenvalue weighted by Gasteiger charge is -2.17. The lowest BCUT2D eigenvalue weighted by molar-refractivity contribution is 0.214. The van der Waals surface area contributed by atoms with Crippen LogP contribution in [0.5, 0.6) is 5.75 Å². The summed E-state index contributed by atoms with van der Waals surface area (Å²) in [5.74, 6) is 2.77. The fourth-order valence-corrected chi connectivity index (χ4v) is 5.24. The van der Waals surface area contributed by atoms with Gasteiger partial charge in [-0.3, -0.25) is 0 Å². The first-order valence-corrected chi connectivity index (χ1v) is 12.4. The molecule has 3 heterocycles. The molecule has 0 N–H and O–H groups in total. The van der Waals surface area contributed by atoms with Crippen molar-refractivity contribution in [3.63, 3.8) is 0 Å². The van der Waals surface area contributed by atoms with E-state index in [0.29, 0.717) is 18.2 Å². The van der Waals surface area contributed by atoms with Gasteiger partial charge in [0.25, 0.3) is 0 Å². The van der Waals surface area contributed by atoms with Gasteiger partial charge in [0.1, 0.15) is 41.6 Å². The highest BCUT2D eigenvalue weighted by atomic mass is 32.1. The topological polar surface area (TPSA) is 78.2 Å². The van der Waals surface area contributed by atoms with Crippen LogP contribution >= 0.6 is 11.3 Å². The maximum absolute atomic E-state index is 5.97. The summed E-state index contributed by atoms with van der Waals surface area (Å²) in [4.78, 5) is 9.98. The van der Waals surface area contributed by atoms with Gasteiger partial charge < -0.3 is 14.2 Å². The Morgan fingerprint density at radius 2 is 2.03 bits per heavy atom. The average molecular weight is 487 g/mol. The van der Waals surface area contributed by atoms with Gasteiger partial charge in [-0.15, -0.1) is 16.5 Å². The molecule has 35 heavy (non-hydrogen) atoms. The van der Waals surface area contributed by atoms with Crippen molar-refractivity contribution in [2.75, 3.05) is 13.2 Å². The molecule has 0 fully saturated rings. The molecule has 0 spiro atoms. The molecule has 0 radical (unpaired) electrons. The quantitative estimate of drug-likeness (QED) is 0.307. The molecule has 0 atom stereocenters. The van der Waals surface area contributed by atoms with Crippen molar-refractivity contribution in [1.82, 2.24) is 9.97 Å². The number of thiophene rings is 1. The van der Waals surface area contributed by atoms with Gasteiger partial charge in [0.2, 0.25) is 0 Å². The third-order valence-corrected chi connectivity index (χ3v) is 6.98. The number of allylic oxidation sites excluding steroid dienone is 4. The van der Waals surface area contributed by atoms with Gasteiger partial charge in [0, 0.05) is 16.9 Å². The SMILES string of the molecule is CCOc1ccccc1-c1sc2c(N=NCC3=COC=C(CC4=CC=CCC4)O3)ncnc2c1C. The maximum atomic E-state index is 5.97. The minimum Gasteiger partial charge on any atom is -0.493 e. The molecule has 5 rings (SSSR count). The van der Waals surface area contributed by atoms with Crippen molar-refractivity contribution in [1.29, 1.82) is 0 Å². The van der Waals surface area contributed by atoms with Gasteiger partial charge in [-0.1, -0.05) is 35.9 Å². The van der Waals surface area contributed by atoms with Gasteiger partial charge in [0.05, 0.1) is 12.1 Å². The number of fused-ring (bicyclic) bond motifs is 1. The number of ether oxygens (including phenoxy) is 3. The van der Waals surface area contributed by atoms with Crippen LogP contribution in [0.2, 0.25) is 0 Å². The van der Waals surface area contributed by atoms with Crippen molar-refractivity contribution in [2.24, 2.45) is 10.2 Å². The number of rotatable bonds is 8. The zero-order valence-corrected chi connectivity index (χ0v) is 20.5. The molecule has 0 bridgehead atoms. The Hall–Kier alpha value is -3.78. The summed E-state index contributed by atoms with van der Waals surface area (Å²) >= 11 is 1.60. The number of azo groups is 1. The molecule has 8 heteroatoms. The van der Waals surface area contributed by atoms with Crippen molar-refractivity contribution in [3.8, 4) is 16.2 Å². The Balaban J connectivity index is 1.32. The van der Waals surface area contributed by atoms with Crippen molar-refractivity contribution in [2.45, 2.75) is 33.1 Å². The standard InChI is InChI=1S/C27H26N4O3S/c1-3-33-23-12-8-7-11-22(23)25-18(2)24-26(35-25)27(29-17-28-24)31-30-14-21-16-32-15-20(34-21)13-19-9-5-4-6-10-19/h4-5,7-9,11-12,15-17H,3,6,10,13-14H2,1-2H3. The summed E-state index contributed by atoms with van der Waals surface area (Å²) in [5, 5.41) is 8.76. The van der Waals surface area contributed by atoms with Crippen LogP contribution < -0.4 is 4.74 Å². The lowest BCUT2D eigenvalue weighted by atomic mass is 10.0. The third-order valence-electron chi connectivity index (χ3n) is 5.67. The Labute approximate surface area is 208 Å². The third kappa shape index (κ3) is 5.17. The highest BCUT2D eigenvalue weighted by Gasteiger charge is 2.18. The second kappa shape index (κ2) is 10.7. The molecule has 1 aromatic carbocycles. The number of hydrogen-bond acceptors (Lipinski definition) is 8. The maximum Gasteiger partial charge on any atom is 0.195 e. The highest BCUT2D eigenvalue weighted by molar-refractivity contribution is 7.23. The van der Waals surface area contributed by atoms with Gasteiger partial charge in [-0.2, -0.15) is 5.11 Å². The Morgan fingerprint density at radius 3 is 2.89 bits per heavy atom. The van der Waals surface area contributed by atoms with Crippen LogP contribution in [0.4, 0.5) is 5.82 Å². The minimum atomic E-state index is 0.256. The normalized spacial score (nSPS) is 15.4. The van der Waals surface area contributed by atoms with E-state index in [-0.39, 0.29) is 6.54 Å². The van der Waals surface area contributed by atoms with Crippen LogP contribution in [0.25, 0.3) is 20.7 Å². The largest absolute Gasteiger partial charge is 0.493 e. The molecule has 1 aliphatic carbocycles. The first-order valence-electron chi connectivity index (χ1n) is 11.6. The summed E-state index contributed by atoms with van der Waals surface area (Å²) in [6.07, 6.45) is 14.0. The molecule has 7 nitrogen and oxygen atoms in total. The van der Waals surface area contributed by atoms with Crippen molar-refractivity contribution in [3.05, 3.63) is 84.0 Å². The molecule has 3 aromatic rings. The zero-order valence-electron chi connectivity index (χ0n) is 19.7. The molecule has 178 valence electrons. The van der Waals surface area contributed by atoms with E-state index in [1.54, 1.807) is 23.9 Å². The van der Waals surface area contributed by atoms with E-state index >= 15 is 0 Å². The molecular formula is C27H26N4O3S. The predicted octanol–water partition coefficient (Wildman–Crippen LogP) is 7.55. The number of nitrogens with zero attached hydrogens (tertiary/aromatic N) is 4. The zero-order chi connectivity index (χ0) is 24.0. The molecule has 0 unspecified atom stereocenters. The van der Waals surface area contributed by atoms with Crippen LogP contribution in [0.3, 0.4) is 0 Å². The lowest BCUT2D eigenvalue weighted by Crippen LogP contribution is -2.04. The Kier molecular flexibility index (Phi) is 6.99. The Bertz CT molecular complexity index is 1380. The van der Waals surface area contributed by atoms with Gasteiger partial charge in [0.15, 0.2) is 11.6 Å². The molecule has 0 saturated heterocycles. The van der Waals surface area contributed by atoms with Crippen LogP contribution in [0.1, 0.15) is 31.7 Å². The summed E-state index contributed by atoms with van der Waals surface area (Å²) < 4.78 is 18.2. The highest BCUT2D eigenvalue weighted by Crippen LogP contribution is 2.43. The number of aromatic nitrogens is 2. The fraction of sp³-hybridized carbons (Fsp3) is 0.259. The summed E-state index contributed by atoms with van der Waals surface area (Å²) in [6, 6.07) is 8.04. The van der Waals surface area contributed by atoms with Crippen molar-refractivity contribution < 1.29 is 14.2 Å². The first-order chi connectivity index (χ1) is 17.2. The van der Waals surface area contributed by atoms with E-state index in [1.807, 2.05) is 25.1 Å². The molecule has 0 saturated carbocycles. The summed E-state index contributed by atoms with van der Waals surface area (Å²) in [5.41, 5.74) is 4.31. The van der Waals surface area contributed by atoms with Crippen LogP contribution in [0.15, 0.2) is 88.7 Å². The van der Waals surface area contributed by atoms with Crippen LogP contribution in [-0.2, 0) is 9.47 Å². The average Bonchev–Trinajstić information content (AvgIpc) is 3.22. The number of para-hydroxylation sites is 1. The van der Waals surface area contributed by atoms with Crippen LogP contribution in [0, 0.1) is 6.92 Å². The van der Waals surface area contributed by atoms with Gasteiger partial charge >= 0.3 is 0 Å². The molecule has 0 amide bonds. The fourth-order valence-electron chi connectivity index (χ4n) is 4.02. The molecular weight excluding hydrogens is 460 g/mol. The number of hydrogen-bond donors (Lipinski definition) is 0. The second-order valence-corrected chi connectivity index (χ2v) is 9.16. The number of aryl methyl sites for hydroxylation is 1. The summed E-state index contributed by atoms with van der Waals surface area (Å²) in [6.45, 7) is 4.91. The monoisotopic (exact) mass is 486 g/mol. The van der Waals surface area contributed by atoms with E-state index in [4.69, 9.17) is 14.2 Å². The molecule has 2 aromatic heterocycles. The van der Waals surface area contributed by atoms with Gasteiger partial charge in [-0.05, 0) is 44.4 Å². The van der Waals surface area contributed by atoms with E-state index in [1.165, 1.54) is 11.9 Å². The smallest absolute Gasteiger partial charge is 0.195 e. The minimum absolute atomic E-state index is 0.256. The molecule has 1 aliphatic heterocycles. The Morgan fingerprint density at radius 1 is 1.14 bits per heavy atom. The van der Waals surface area contributed by atoms with Crippen LogP contribution in [-0.4, -0.2) is 23.1 Å². The van der Waals surface area contributed by atoms with Gasteiger partial charge in [-0.25, -0.2) is 9.97 Å². The summed E-state index contributed by atoms with van der Waals surface area (Å²) in [7, 11) is 0. The predicted molar refractivity (Wildman–Crippen MR) is 138 cm³/mol. The van der Waals surface area contributed by atoms with Crippen molar-refractivity contribution >= 4 is 27.4 Å². The second-order valence-electron chi connectivity index (χ2n) is 8.13. The molecule has 2 aliphatic rings.